The van der Waals surface area contributed by atoms with Gasteiger partial charge in [-0.15, -0.1) is 0 Å². The molecule has 0 aliphatic heterocycles. The van der Waals surface area contributed by atoms with Crippen LogP contribution in [0.1, 0.15) is 26.3 Å². The van der Waals surface area contributed by atoms with Crippen molar-refractivity contribution >= 4 is 14.0 Å². The van der Waals surface area contributed by atoms with Crippen molar-refractivity contribution in [3.05, 3.63) is 64.2 Å². The SMILES string of the molecule is CC(C)(C)[Si](C)(C)Oc1ccccc1OCc1ccccc1[N+](=O)[O-]. The molecule has 0 aromatic heterocycles. The Morgan fingerprint density at radius 2 is 1.56 bits per heavy atom. The van der Waals surface area contributed by atoms with E-state index in [1.165, 1.54) is 6.07 Å². The molecule has 0 saturated heterocycles. The van der Waals surface area contributed by atoms with E-state index >= 15 is 0 Å². The largest absolute Gasteiger partial charge is 0.541 e. The van der Waals surface area contributed by atoms with Gasteiger partial charge in [0, 0.05) is 6.07 Å². The summed E-state index contributed by atoms with van der Waals surface area (Å²) in [6, 6.07) is 14.1. The molecular weight excluding hydrogens is 334 g/mol. The normalized spacial score (nSPS) is 11.9. The van der Waals surface area contributed by atoms with Crippen LogP contribution in [0.5, 0.6) is 11.5 Å². The molecule has 0 radical (unpaired) electrons. The molecule has 0 saturated carbocycles. The molecule has 0 spiro atoms. The number of nitro groups is 1. The van der Waals surface area contributed by atoms with Crippen molar-refractivity contribution < 1.29 is 14.1 Å². The molecule has 0 heterocycles. The molecule has 0 fully saturated rings. The first-order valence-electron chi connectivity index (χ1n) is 8.25. The Morgan fingerprint density at radius 3 is 2.16 bits per heavy atom. The second kappa shape index (κ2) is 7.27. The first kappa shape index (κ1) is 19.0. The molecule has 0 bridgehead atoms. The highest BCUT2D eigenvalue weighted by atomic mass is 28.4. The van der Waals surface area contributed by atoms with E-state index in [9.17, 15) is 10.1 Å². The summed E-state index contributed by atoms with van der Waals surface area (Å²) in [7, 11) is -2.00. The van der Waals surface area contributed by atoms with Gasteiger partial charge in [0.15, 0.2) is 5.75 Å². The smallest absolute Gasteiger partial charge is 0.276 e. The zero-order valence-electron chi connectivity index (χ0n) is 15.4. The quantitative estimate of drug-likeness (QED) is 0.385. The molecule has 2 aromatic carbocycles. The van der Waals surface area contributed by atoms with Crippen LogP contribution < -0.4 is 9.16 Å². The highest BCUT2D eigenvalue weighted by molar-refractivity contribution is 6.74. The number of hydrogen-bond donors (Lipinski definition) is 0. The third kappa shape index (κ3) is 4.60. The second-order valence-electron chi connectivity index (χ2n) is 7.48. The number of para-hydroxylation sites is 3. The van der Waals surface area contributed by atoms with Crippen LogP contribution in [0.25, 0.3) is 0 Å². The summed E-state index contributed by atoms with van der Waals surface area (Å²) in [5.74, 6) is 1.29. The standard InChI is InChI=1S/C19H25NO4Si/c1-19(2,3)25(4,5)24-18-13-9-8-12-17(18)23-14-15-10-6-7-11-16(15)20(21)22/h6-13H,14H2,1-5H3. The van der Waals surface area contributed by atoms with Gasteiger partial charge in [-0.3, -0.25) is 10.1 Å². The Morgan fingerprint density at radius 1 is 1.00 bits per heavy atom. The van der Waals surface area contributed by atoms with E-state index in [4.69, 9.17) is 9.16 Å². The van der Waals surface area contributed by atoms with Crippen LogP contribution in [0.3, 0.4) is 0 Å². The molecule has 0 N–H and O–H groups in total. The summed E-state index contributed by atoms with van der Waals surface area (Å²) >= 11 is 0. The van der Waals surface area contributed by atoms with Crippen molar-refractivity contribution in [3.63, 3.8) is 0 Å². The summed E-state index contributed by atoms with van der Waals surface area (Å²) in [5.41, 5.74) is 0.597. The highest BCUT2D eigenvalue weighted by Crippen LogP contribution is 2.40. The summed E-state index contributed by atoms with van der Waals surface area (Å²) in [6.45, 7) is 11.0. The van der Waals surface area contributed by atoms with Gasteiger partial charge in [-0.05, 0) is 36.3 Å². The average molecular weight is 359 g/mol. The Labute approximate surface area is 149 Å². The second-order valence-corrected chi connectivity index (χ2v) is 12.2. The zero-order chi connectivity index (χ0) is 18.7. The van der Waals surface area contributed by atoms with E-state index in [-0.39, 0.29) is 17.3 Å². The maximum absolute atomic E-state index is 11.1. The fourth-order valence-corrected chi connectivity index (χ4v) is 3.07. The summed E-state index contributed by atoms with van der Waals surface area (Å²) in [5, 5.41) is 11.2. The molecule has 2 rings (SSSR count). The fourth-order valence-electron chi connectivity index (χ4n) is 2.05. The van der Waals surface area contributed by atoms with Crippen LogP contribution >= 0.6 is 0 Å². The molecular formula is C19H25NO4Si. The number of benzene rings is 2. The maximum atomic E-state index is 11.1. The lowest BCUT2D eigenvalue weighted by Crippen LogP contribution is -2.43. The number of nitrogens with zero attached hydrogens (tertiary/aromatic N) is 1. The zero-order valence-corrected chi connectivity index (χ0v) is 16.4. The summed E-state index contributed by atoms with van der Waals surface area (Å²) in [6.07, 6.45) is 0. The van der Waals surface area contributed by atoms with Gasteiger partial charge >= 0.3 is 0 Å². The van der Waals surface area contributed by atoms with E-state index in [1.807, 2.05) is 24.3 Å². The summed E-state index contributed by atoms with van der Waals surface area (Å²) in [4.78, 5) is 10.7. The molecule has 0 aliphatic rings. The Kier molecular flexibility index (Phi) is 5.52. The molecule has 0 unspecified atom stereocenters. The first-order chi connectivity index (χ1) is 11.6. The molecule has 6 heteroatoms. The minimum atomic E-state index is -2.00. The highest BCUT2D eigenvalue weighted by Gasteiger charge is 2.39. The first-order valence-corrected chi connectivity index (χ1v) is 11.2. The molecule has 25 heavy (non-hydrogen) atoms. The van der Waals surface area contributed by atoms with Crippen molar-refractivity contribution in [2.45, 2.75) is 45.5 Å². The molecule has 0 amide bonds. The van der Waals surface area contributed by atoms with Crippen molar-refractivity contribution in [3.8, 4) is 11.5 Å². The monoisotopic (exact) mass is 359 g/mol. The predicted molar refractivity (Wildman–Crippen MR) is 102 cm³/mol. The summed E-state index contributed by atoms with van der Waals surface area (Å²) < 4.78 is 12.2. The number of hydrogen-bond acceptors (Lipinski definition) is 4. The van der Waals surface area contributed by atoms with Gasteiger partial charge in [0.05, 0.1) is 10.5 Å². The van der Waals surface area contributed by atoms with E-state index in [0.29, 0.717) is 17.1 Å². The van der Waals surface area contributed by atoms with Gasteiger partial charge in [0.25, 0.3) is 14.0 Å². The Bertz CT molecular complexity index is 753. The minimum absolute atomic E-state index is 0.0605. The Hall–Kier alpha value is -2.34. The van der Waals surface area contributed by atoms with Gasteiger partial charge in [-0.2, -0.15) is 0 Å². The third-order valence-electron chi connectivity index (χ3n) is 4.59. The fraction of sp³-hybridized carbons (Fsp3) is 0.368. The van der Waals surface area contributed by atoms with E-state index in [2.05, 4.69) is 33.9 Å². The average Bonchev–Trinajstić information content (AvgIpc) is 2.53. The van der Waals surface area contributed by atoms with Crippen LogP contribution in [0.4, 0.5) is 5.69 Å². The van der Waals surface area contributed by atoms with Crippen molar-refractivity contribution in [1.29, 1.82) is 0 Å². The minimum Gasteiger partial charge on any atom is -0.541 e. The van der Waals surface area contributed by atoms with Crippen LogP contribution in [0, 0.1) is 10.1 Å². The lowest BCUT2D eigenvalue weighted by molar-refractivity contribution is -0.385. The van der Waals surface area contributed by atoms with Crippen molar-refractivity contribution in [2.75, 3.05) is 0 Å². The van der Waals surface area contributed by atoms with Gasteiger partial charge in [0.2, 0.25) is 0 Å². The number of nitro benzene ring substituents is 1. The molecule has 5 nitrogen and oxygen atoms in total. The van der Waals surface area contributed by atoms with Crippen molar-refractivity contribution in [2.24, 2.45) is 0 Å². The molecule has 2 aromatic rings. The molecule has 134 valence electrons. The number of rotatable bonds is 6. The van der Waals surface area contributed by atoms with Crippen LogP contribution in [-0.2, 0) is 6.61 Å². The topological polar surface area (TPSA) is 61.6 Å². The van der Waals surface area contributed by atoms with Crippen LogP contribution in [0.2, 0.25) is 18.1 Å². The molecule has 0 atom stereocenters. The van der Waals surface area contributed by atoms with Crippen molar-refractivity contribution in [1.82, 2.24) is 0 Å². The number of ether oxygens (including phenoxy) is 1. The van der Waals surface area contributed by atoms with Gasteiger partial charge in [-0.25, -0.2) is 0 Å². The van der Waals surface area contributed by atoms with Crippen LogP contribution in [0.15, 0.2) is 48.5 Å². The van der Waals surface area contributed by atoms with E-state index in [0.717, 1.165) is 0 Å². The lowest BCUT2D eigenvalue weighted by Gasteiger charge is -2.36. The van der Waals surface area contributed by atoms with Crippen LogP contribution in [-0.4, -0.2) is 13.2 Å². The molecule has 0 aliphatic carbocycles. The van der Waals surface area contributed by atoms with E-state index in [1.54, 1.807) is 18.2 Å². The predicted octanol–water partition coefficient (Wildman–Crippen LogP) is 5.56. The lowest BCUT2D eigenvalue weighted by atomic mass is 10.2. The Balaban J connectivity index is 2.21. The van der Waals surface area contributed by atoms with Gasteiger partial charge < -0.3 is 9.16 Å². The maximum Gasteiger partial charge on any atom is 0.276 e. The third-order valence-corrected chi connectivity index (χ3v) is 8.93. The van der Waals surface area contributed by atoms with Gasteiger partial charge in [-0.1, -0.05) is 45.0 Å². The van der Waals surface area contributed by atoms with Gasteiger partial charge in [0.1, 0.15) is 12.4 Å². The van der Waals surface area contributed by atoms with E-state index < -0.39 is 13.2 Å².